The summed E-state index contributed by atoms with van der Waals surface area (Å²) in [6, 6.07) is 0. The normalized spacial score (nSPS) is 12.1. The van der Waals surface area contributed by atoms with Gasteiger partial charge in [-0.2, -0.15) is 11.8 Å². The number of amides is 2. The van der Waals surface area contributed by atoms with Crippen molar-refractivity contribution < 1.29 is 19.8 Å². The highest BCUT2D eigenvalue weighted by Gasteiger charge is 2.19. The van der Waals surface area contributed by atoms with Gasteiger partial charge in [0, 0.05) is 24.3 Å². The third-order valence-electron chi connectivity index (χ3n) is 2.69. The number of carbonyl (C=O) groups is 2. The van der Waals surface area contributed by atoms with Crippen LogP contribution in [0.2, 0.25) is 0 Å². The van der Waals surface area contributed by atoms with E-state index in [0.717, 1.165) is 0 Å². The highest BCUT2D eigenvalue weighted by atomic mass is 32.2. The molecule has 0 radical (unpaired) electrons. The predicted molar refractivity (Wildman–Crippen MR) is 85.2 cm³/mol. The van der Waals surface area contributed by atoms with Crippen molar-refractivity contribution in [1.82, 2.24) is 10.6 Å². The van der Waals surface area contributed by atoms with Crippen LogP contribution in [-0.2, 0) is 9.59 Å². The summed E-state index contributed by atoms with van der Waals surface area (Å²) in [6.45, 7) is 6.81. The first-order valence-corrected chi connectivity index (χ1v) is 8.19. The molecule has 0 aliphatic carbocycles. The van der Waals surface area contributed by atoms with E-state index in [1.54, 1.807) is 27.7 Å². The van der Waals surface area contributed by atoms with Crippen LogP contribution in [0.1, 0.15) is 40.5 Å². The standard InChI is InChI=1S/C14H28N2O4S/c1-13(2,9-17)15-11(19)5-7-21-8-6-12(20)16-14(3,4)10-18/h17-18H,5-10H2,1-4H3,(H,15,19)(H,16,20). The predicted octanol–water partition coefficient (Wildman–Crippen LogP) is 0.274. The second kappa shape index (κ2) is 9.27. The molecule has 4 N–H and O–H groups in total. The maximum absolute atomic E-state index is 11.6. The molecular formula is C14H28N2O4S. The molecule has 0 aromatic carbocycles. The summed E-state index contributed by atoms with van der Waals surface area (Å²) in [6.07, 6.45) is 0.718. The Labute approximate surface area is 131 Å². The lowest BCUT2D eigenvalue weighted by molar-refractivity contribution is -0.123. The van der Waals surface area contributed by atoms with E-state index in [4.69, 9.17) is 10.2 Å². The number of hydrogen-bond donors (Lipinski definition) is 4. The molecule has 0 unspecified atom stereocenters. The molecule has 0 atom stereocenters. The van der Waals surface area contributed by atoms with Crippen LogP contribution in [-0.4, -0.2) is 57.8 Å². The topological polar surface area (TPSA) is 98.7 Å². The Bertz CT molecular complexity index is 314. The van der Waals surface area contributed by atoms with Gasteiger partial charge in [0.2, 0.25) is 11.8 Å². The van der Waals surface area contributed by atoms with E-state index in [1.165, 1.54) is 11.8 Å². The number of nitrogens with one attached hydrogen (secondary N) is 2. The molecule has 0 aliphatic rings. The smallest absolute Gasteiger partial charge is 0.221 e. The van der Waals surface area contributed by atoms with Crippen LogP contribution in [0.4, 0.5) is 0 Å². The van der Waals surface area contributed by atoms with Gasteiger partial charge in [0.1, 0.15) is 0 Å². The maximum atomic E-state index is 11.6. The first kappa shape index (κ1) is 20.2. The average Bonchev–Trinajstić information content (AvgIpc) is 2.37. The summed E-state index contributed by atoms with van der Waals surface area (Å²) in [5, 5.41) is 23.6. The first-order valence-electron chi connectivity index (χ1n) is 7.03. The minimum atomic E-state index is -0.600. The lowest BCUT2D eigenvalue weighted by Crippen LogP contribution is -2.46. The molecule has 0 saturated heterocycles. The van der Waals surface area contributed by atoms with Gasteiger partial charge in [-0.15, -0.1) is 0 Å². The molecule has 0 spiro atoms. The number of carbonyl (C=O) groups excluding carboxylic acids is 2. The maximum Gasteiger partial charge on any atom is 0.221 e. The molecular weight excluding hydrogens is 292 g/mol. The fraction of sp³-hybridized carbons (Fsp3) is 0.857. The average molecular weight is 320 g/mol. The minimum Gasteiger partial charge on any atom is -0.394 e. The van der Waals surface area contributed by atoms with Crippen molar-refractivity contribution in [1.29, 1.82) is 0 Å². The fourth-order valence-electron chi connectivity index (χ4n) is 1.39. The van der Waals surface area contributed by atoms with Gasteiger partial charge in [-0.05, 0) is 27.7 Å². The Morgan fingerprint density at radius 3 is 1.48 bits per heavy atom. The van der Waals surface area contributed by atoms with Gasteiger partial charge in [-0.3, -0.25) is 9.59 Å². The lowest BCUT2D eigenvalue weighted by atomic mass is 10.1. The van der Waals surface area contributed by atoms with E-state index in [-0.39, 0.29) is 25.0 Å². The van der Waals surface area contributed by atoms with Crippen LogP contribution in [0.3, 0.4) is 0 Å². The van der Waals surface area contributed by atoms with Crippen LogP contribution < -0.4 is 10.6 Å². The zero-order chi connectivity index (χ0) is 16.5. The zero-order valence-electron chi connectivity index (χ0n) is 13.4. The number of thioether (sulfide) groups is 1. The van der Waals surface area contributed by atoms with Gasteiger partial charge in [-0.1, -0.05) is 0 Å². The number of aliphatic hydroxyl groups is 2. The first-order chi connectivity index (χ1) is 9.62. The summed E-state index contributed by atoms with van der Waals surface area (Å²) in [7, 11) is 0. The summed E-state index contributed by atoms with van der Waals surface area (Å²) in [5.74, 6) is 1.05. The molecule has 0 aromatic heterocycles. The second-order valence-electron chi connectivity index (χ2n) is 6.29. The van der Waals surface area contributed by atoms with Crippen molar-refractivity contribution in [2.75, 3.05) is 24.7 Å². The molecule has 0 fully saturated rings. The molecule has 124 valence electrons. The molecule has 0 bridgehead atoms. The van der Waals surface area contributed by atoms with E-state index in [2.05, 4.69) is 10.6 Å². The lowest BCUT2D eigenvalue weighted by Gasteiger charge is -2.23. The molecule has 0 aromatic rings. The van der Waals surface area contributed by atoms with Crippen LogP contribution in [0, 0.1) is 0 Å². The van der Waals surface area contributed by atoms with Crippen LogP contribution >= 0.6 is 11.8 Å². The SMILES string of the molecule is CC(C)(CO)NC(=O)CCSCCC(=O)NC(C)(C)CO. The van der Waals surface area contributed by atoms with E-state index >= 15 is 0 Å². The van der Waals surface area contributed by atoms with Gasteiger partial charge in [0.05, 0.1) is 24.3 Å². The Kier molecular flexibility index (Phi) is 8.92. The molecule has 0 heterocycles. The number of rotatable bonds is 10. The van der Waals surface area contributed by atoms with Crippen LogP contribution in [0.25, 0.3) is 0 Å². The summed E-state index contributed by atoms with van der Waals surface area (Å²) in [5.41, 5.74) is -1.20. The van der Waals surface area contributed by atoms with Crippen molar-refractivity contribution in [3.05, 3.63) is 0 Å². The van der Waals surface area contributed by atoms with Gasteiger partial charge in [-0.25, -0.2) is 0 Å². The van der Waals surface area contributed by atoms with E-state index in [0.29, 0.717) is 24.3 Å². The third-order valence-corrected chi connectivity index (χ3v) is 3.68. The Morgan fingerprint density at radius 1 is 0.857 bits per heavy atom. The van der Waals surface area contributed by atoms with Crippen molar-refractivity contribution in [2.45, 2.75) is 51.6 Å². The Hall–Kier alpha value is -0.790. The van der Waals surface area contributed by atoms with Crippen molar-refractivity contribution in [3.8, 4) is 0 Å². The third kappa shape index (κ3) is 10.6. The van der Waals surface area contributed by atoms with Gasteiger partial charge in [0.15, 0.2) is 0 Å². The van der Waals surface area contributed by atoms with Gasteiger partial charge >= 0.3 is 0 Å². The van der Waals surface area contributed by atoms with Gasteiger partial charge < -0.3 is 20.8 Å². The van der Waals surface area contributed by atoms with Crippen molar-refractivity contribution >= 4 is 23.6 Å². The number of hydrogen-bond acceptors (Lipinski definition) is 5. The largest absolute Gasteiger partial charge is 0.394 e. The molecule has 0 saturated carbocycles. The monoisotopic (exact) mass is 320 g/mol. The van der Waals surface area contributed by atoms with E-state index in [1.807, 2.05) is 0 Å². The van der Waals surface area contributed by atoms with E-state index < -0.39 is 11.1 Å². The molecule has 21 heavy (non-hydrogen) atoms. The number of aliphatic hydroxyl groups excluding tert-OH is 2. The highest BCUT2D eigenvalue weighted by molar-refractivity contribution is 7.99. The molecule has 0 aliphatic heterocycles. The van der Waals surface area contributed by atoms with Crippen molar-refractivity contribution in [2.24, 2.45) is 0 Å². The highest BCUT2D eigenvalue weighted by Crippen LogP contribution is 2.08. The van der Waals surface area contributed by atoms with Crippen LogP contribution in [0.15, 0.2) is 0 Å². The van der Waals surface area contributed by atoms with Crippen molar-refractivity contribution in [3.63, 3.8) is 0 Å². The minimum absolute atomic E-state index is 0.104. The molecule has 6 nitrogen and oxygen atoms in total. The van der Waals surface area contributed by atoms with Gasteiger partial charge in [0.25, 0.3) is 0 Å². The molecule has 0 rings (SSSR count). The molecule has 7 heteroatoms. The van der Waals surface area contributed by atoms with Crippen LogP contribution in [0.5, 0.6) is 0 Å². The summed E-state index contributed by atoms with van der Waals surface area (Å²) < 4.78 is 0. The summed E-state index contributed by atoms with van der Waals surface area (Å²) >= 11 is 1.53. The second-order valence-corrected chi connectivity index (χ2v) is 7.52. The Balaban J connectivity index is 3.73. The quantitative estimate of drug-likeness (QED) is 0.433. The Morgan fingerprint density at radius 2 is 1.19 bits per heavy atom. The van der Waals surface area contributed by atoms with E-state index in [9.17, 15) is 9.59 Å². The summed E-state index contributed by atoms with van der Waals surface area (Å²) in [4.78, 5) is 23.2. The molecule has 2 amide bonds. The zero-order valence-corrected chi connectivity index (χ0v) is 14.2. The fourth-order valence-corrected chi connectivity index (χ4v) is 2.25.